The van der Waals surface area contributed by atoms with Gasteiger partial charge in [0.25, 0.3) is 0 Å². The van der Waals surface area contributed by atoms with Crippen LogP contribution in [0.3, 0.4) is 0 Å². The monoisotopic (exact) mass is 200 g/mol. The Morgan fingerprint density at radius 2 is 2.00 bits per heavy atom. The number of aliphatic hydroxyl groups is 1. The molecule has 4 nitrogen and oxygen atoms in total. The van der Waals surface area contributed by atoms with Crippen molar-refractivity contribution < 1.29 is 9.90 Å². The van der Waals surface area contributed by atoms with E-state index in [1.165, 1.54) is 4.90 Å². The minimum atomic E-state index is -0.719. The highest BCUT2D eigenvalue weighted by Gasteiger charge is 2.46. The van der Waals surface area contributed by atoms with Crippen molar-refractivity contribution in [2.45, 2.75) is 40.0 Å². The van der Waals surface area contributed by atoms with Gasteiger partial charge in [0.15, 0.2) is 0 Å². The molecule has 1 saturated heterocycles. The molecule has 2 amide bonds. The molecule has 0 aliphatic carbocycles. The van der Waals surface area contributed by atoms with E-state index in [2.05, 4.69) is 5.32 Å². The van der Waals surface area contributed by atoms with Crippen LogP contribution in [-0.2, 0) is 0 Å². The topological polar surface area (TPSA) is 52.6 Å². The number of carbonyl (C=O) groups is 1. The smallest absolute Gasteiger partial charge is 0.319 e. The van der Waals surface area contributed by atoms with Crippen molar-refractivity contribution in [3.63, 3.8) is 0 Å². The third kappa shape index (κ3) is 1.59. The van der Waals surface area contributed by atoms with E-state index in [0.29, 0.717) is 5.92 Å². The van der Waals surface area contributed by atoms with Crippen molar-refractivity contribution in [2.75, 3.05) is 7.05 Å². The van der Waals surface area contributed by atoms with Crippen LogP contribution in [0, 0.1) is 11.3 Å². The second kappa shape index (κ2) is 3.42. The molecule has 2 N–H and O–H groups in total. The Labute approximate surface area is 85.3 Å². The number of hydrogen-bond acceptors (Lipinski definition) is 2. The Morgan fingerprint density at radius 1 is 1.50 bits per heavy atom. The van der Waals surface area contributed by atoms with Gasteiger partial charge >= 0.3 is 6.03 Å². The maximum atomic E-state index is 11.5. The first kappa shape index (κ1) is 11.3. The van der Waals surface area contributed by atoms with Crippen LogP contribution < -0.4 is 5.32 Å². The fourth-order valence-corrected chi connectivity index (χ4v) is 2.22. The van der Waals surface area contributed by atoms with Gasteiger partial charge in [0.2, 0.25) is 0 Å². The molecule has 0 unspecified atom stereocenters. The molecule has 1 rings (SSSR count). The average molecular weight is 200 g/mol. The van der Waals surface area contributed by atoms with Crippen LogP contribution in [0.5, 0.6) is 0 Å². The first-order chi connectivity index (χ1) is 6.28. The van der Waals surface area contributed by atoms with Gasteiger partial charge in [-0.3, -0.25) is 0 Å². The molecule has 0 aromatic rings. The maximum absolute atomic E-state index is 11.5. The fourth-order valence-electron chi connectivity index (χ4n) is 2.22. The van der Waals surface area contributed by atoms with Crippen LogP contribution >= 0.6 is 0 Å². The summed E-state index contributed by atoms with van der Waals surface area (Å²) >= 11 is 0. The van der Waals surface area contributed by atoms with Crippen molar-refractivity contribution in [1.82, 2.24) is 10.2 Å². The van der Waals surface area contributed by atoms with E-state index in [4.69, 9.17) is 0 Å². The predicted molar refractivity (Wildman–Crippen MR) is 54.7 cm³/mol. The summed E-state index contributed by atoms with van der Waals surface area (Å²) in [7, 11) is 1.61. The number of nitrogens with zero attached hydrogens (tertiary/aromatic N) is 1. The van der Waals surface area contributed by atoms with Crippen LogP contribution in [0.25, 0.3) is 0 Å². The van der Waals surface area contributed by atoms with Gasteiger partial charge in [0.05, 0.1) is 0 Å². The number of amides is 2. The highest BCUT2D eigenvalue weighted by Crippen LogP contribution is 2.34. The molecule has 0 aromatic carbocycles. The summed E-state index contributed by atoms with van der Waals surface area (Å²) in [5, 5.41) is 12.9. The predicted octanol–water partition coefficient (Wildman–Crippen LogP) is 1.01. The maximum Gasteiger partial charge on any atom is 0.319 e. The van der Waals surface area contributed by atoms with Crippen molar-refractivity contribution in [1.29, 1.82) is 0 Å². The zero-order chi connectivity index (χ0) is 11.1. The lowest BCUT2D eigenvalue weighted by Crippen LogP contribution is -2.66. The Bertz CT molecular complexity index is 238. The SMILES string of the molecule is CC(C)[C@@H]1NC(=O)N(C)[C@@H](O)C1(C)C. The van der Waals surface area contributed by atoms with Gasteiger partial charge in [-0.25, -0.2) is 4.79 Å². The third-order valence-electron chi connectivity index (χ3n) is 3.10. The summed E-state index contributed by atoms with van der Waals surface area (Å²) in [5.41, 5.74) is -0.323. The largest absolute Gasteiger partial charge is 0.373 e. The zero-order valence-corrected chi connectivity index (χ0v) is 9.53. The van der Waals surface area contributed by atoms with Gasteiger partial charge in [-0.2, -0.15) is 0 Å². The van der Waals surface area contributed by atoms with Crippen LogP contribution in [0.15, 0.2) is 0 Å². The zero-order valence-electron chi connectivity index (χ0n) is 9.53. The first-order valence-corrected chi connectivity index (χ1v) is 5.00. The summed E-state index contributed by atoms with van der Waals surface area (Å²) in [6, 6.07) is -0.184. The Balaban J connectivity index is 2.95. The molecule has 14 heavy (non-hydrogen) atoms. The standard InChI is InChI=1S/C10H20N2O2/c1-6(2)7-10(3,4)8(13)12(5)9(14)11-7/h6-8,13H,1-5H3,(H,11,14)/t7-,8-/m0/s1. The summed E-state index contributed by atoms with van der Waals surface area (Å²) in [6.45, 7) is 8.03. The summed E-state index contributed by atoms with van der Waals surface area (Å²) in [4.78, 5) is 12.8. The second-order valence-electron chi connectivity index (χ2n) is 4.98. The summed E-state index contributed by atoms with van der Waals surface area (Å²) in [6.07, 6.45) is -0.719. The van der Waals surface area contributed by atoms with Gasteiger partial charge in [-0.1, -0.05) is 27.7 Å². The van der Waals surface area contributed by atoms with Crippen molar-refractivity contribution in [2.24, 2.45) is 11.3 Å². The Morgan fingerprint density at radius 3 is 2.43 bits per heavy atom. The number of hydrogen-bond donors (Lipinski definition) is 2. The van der Waals surface area contributed by atoms with Gasteiger partial charge in [0.1, 0.15) is 6.23 Å². The number of urea groups is 1. The highest BCUT2D eigenvalue weighted by molar-refractivity contribution is 5.75. The minimum absolute atomic E-state index is 0.0150. The molecular formula is C10H20N2O2. The van der Waals surface area contributed by atoms with E-state index >= 15 is 0 Å². The average Bonchev–Trinajstić information content (AvgIpc) is 2.08. The summed E-state index contributed by atoms with van der Waals surface area (Å²) < 4.78 is 0. The molecule has 1 aliphatic rings. The molecule has 4 heteroatoms. The fraction of sp³-hybridized carbons (Fsp3) is 0.900. The third-order valence-corrected chi connectivity index (χ3v) is 3.10. The van der Waals surface area contributed by atoms with Crippen LogP contribution in [0.1, 0.15) is 27.7 Å². The van der Waals surface area contributed by atoms with Gasteiger partial charge in [-0.05, 0) is 5.92 Å². The van der Waals surface area contributed by atoms with E-state index in [1.54, 1.807) is 7.05 Å². The molecule has 1 aliphatic heterocycles. The highest BCUT2D eigenvalue weighted by atomic mass is 16.3. The number of aliphatic hydroxyl groups excluding tert-OH is 1. The van der Waals surface area contributed by atoms with Gasteiger partial charge in [0, 0.05) is 18.5 Å². The first-order valence-electron chi connectivity index (χ1n) is 5.00. The minimum Gasteiger partial charge on any atom is -0.373 e. The van der Waals surface area contributed by atoms with Crippen molar-refractivity contribution >= 4 is 6.03 Å². The Kier molecular flexibility index (Phi) is 2.76. The molecule has 2 atom stereocenters. The quantitative estimate of drug-likeness (QED) is 0.663. The van der Waals surface area contributed by atoms with Gasteiger partial charge in [-0.15, -0.1) is 0 Å². The van der Waals surface area contributed by atoms with Crippen molar-refractivity contribution in [3.8, 4) is 0 Å². The molecular weight excluding hydrogens is 180 g/mol. The molecule has 1 fully saturated rings. The normalized spacial score (nSPS) is 31.9. The lowest BCUT2D eigenvalue weighted by molar-refractivity contribution is -0.0868. The molecule has 82 valence electrons. The number of carbonyl (C=O) groups excluding carboxylic acids is 1. The molecule has 0 radical (unpaired) electrons. The Hall–Kier alpha value is -0.770. The van der Waals surface area contributed by atoms with E-state index < -0.39 is 6.23 Å². The van der Waals surface area contributed by atoms with Gasteiger partial charge < -0.3 is 15.3 Å². The molecule has 0 aromatic heterocycles. The molecule has 0 saturated carbocycles. The molecule has 1 heterocycles. The van der Waals surface area contributed by atoms with Crippen LogP contribution in [0.4, 0.5) is 4.79 Å². The van der Waals surface area contributed by atoms with E-state index in [-0.39, 0.29) is 17.5 Å². The van der Waals surface area contributed by atoms with E-state index in [0.717, 1.165) is 0 Å². The second-order valence-corrected chi connectivity index (χ2v) is 4.98. The van der Waals surface area contributed by atoms with Crippen LogP contribution in [0.2, 0.25) is 0 Å². The molecule has 0 bridgehead atoms. The lowest BCUT2D eigenvalue weighted by Gasteiger charge is -2.48. The summed E-state index contributed by atoms with van der Waals surface area (Å²) in [5.74, 6) is 0.317. The van der Waals surface area contributed by atoms with Crippen LogP contribution in [-0.4, -0.2) is 35.4 Å². The molecule has 0 spiro atoms. The number of rotatable bonds is 1. The van der Waals surface area contributed by atoms with E-state index in [9.17, 15) is 9.90 Å². The number of nitrogens with one attached hydrogen (secondary N) is 1. The van der Waals surface area contributed by atoms with Crippen molar-refractivity contribution in [3.05, 3.63) is 0 Å². The van der Waals surface area contributed by atoms with E-state index in [1.807, 2.05) is 27.7 Å². The lowest BCUT2D eigenvalue weighted by atomic mass is 9.75.